The third-order valence-electron chi connectivity index (χ3n) is 3.16. The minimum absolute atomic E-state index is 0.0239. The Morgan fingerprint density at radius 3 is 2.31 bits per heavy atom. The molecule has 2 rings (SSSR count). The largest absolute Gasteiger partial charge is 0.534 e. The molecule has 0 bridgehead atoms. The molecule has 0 saturated carbocycles. The number of rotatable bonds is 6. The lowest BCUT2D eigenvalue weighted by Gasteiger charge is -2.12. The van der Waals surface area contributed by atoms with E-state index in [1.165, 1.54) is 36.4 Å². The summed E-state index contributed by atoms with van der Waals surface area (Å²) < 4.78 is 63.9. The summed E-state index contributed by atoms with van der Waals surface area (Å²) in [7, 11) is -5.94. The fraction of sp³-hybridized carbons (Fsp3) is 0.125. The fourth-order valence-corrected chi connectivity index (χ4v) is 2.52. The van der Waals surface area contributed by atoms with E-state index in [0.29, 0.717) is 5.56 Å². The van der Waals surface area contributed by atoms with Crippen LogP contribution in [0.25, 0.3) is 0 Å². The van der Waals surface area contributed by atoms with Crippen LogP contribution in [0.1, 0.15) is 21.5 Å². The number of alkyl halides is 3. The Morgan fingerprint density at radius 2 is 1.69 bits per heavy atom. The van der Waals surface area contributed by atoms with Gasteiger partial charge in [-0.25, -0.2) is 0 Å². The van der Waals surface area contributed by atoms with Crippen molar-refractivity contribution in [2.75, 3.05) is 0 Å². The highest BCUT2D eigenvalue weighted by Crippen LogP contribution is 2.30. The third-order valence-corrected chi connectivity index (χ3v) is 4.13. The molecule has 0 aliphatic carbocycles. The minimum atomic E-state index is -5.94. The number of carboxylic acid groups (broad SMARTS) is 1. The van der Waals surface area contributed by atoms with Crippen LogP contribution in [-0.2, 0) is 21.3 Å². The molecule has 0 unspecified atom stereocenters. The quantitative estimate of drug-likeness (QED) is 0.464. The van der Waals surface area contributed by atoms with Gasteiger partial charge in [-0.2, -0.15) is 21.6 Å². The first-order valence-corrected chi connectivity index (χ1v) is 8.37. The normalized spacial score (nSPS) is 11.8. The van der Waals surface area contributed by atoms with Crippen LogP contribution in [0.15, 0.2) is 48.5 Å². The molecule has 0 fully saturated rings. The maximum atomic E-state index is 12.5. The van der Waals surface area contributed by atoms with E-state index < -0.39 is 38.7 Å². The molecule has 0 aliphatic heterocycles. The fourth-order valence-electron chi connectivity index (χ4n) is 2.04. The van der Waals surface area contributed by atoms with E-state index in [-0.39, 0.29) is 12.0 Å². The van der Waals surface area contributed by atoms with Crippen LogP contribution in [0.4, 0.5) is 13.2 Å². The molecule has 0 atom stereocenters. The first kappa shape index (κ1) is 19.4. The summed E-state index contributed by atoms with van der Waals surface area (Å²) >= 11 is 0. The second kappa shape index (κ2) is 7.16. The Balaban J connectivity index is 2.41. The van der Waals surface area contributed by atoms with Gasteiger partial charge in [-0.05, 0) is 23.8 Å². The van der Waals surface area contributed by atoms with Crippen molar-refractivity contribution in [3.8, 4) is 5.75 Å². The van der Waals surface area contributed by atoms with Crippen LogP contribution in [-0.4, -0.2) is 30.8 Å². The maximum absolute atomic E-state index is 12.5. The second-order valence-corrected chi connectivity index (χ2v) is 6.62. The molecule has 26 heavy (non-hydrogen) atoms. The SMILES string of the molecule is O=C(O)Cc1cccc(C(=O)c2ccccc2OS(=O)(=O)C(F)(F)F)c1. The van der Waals surface area contributed by atoms with E-state index >= 15 is 0 Å². The van der Waals surface area contributed by atoms with Crippen molar-refractivity contribution in [1.29, 1.82) is 0 Å². The first-order chi connectivity index (χ1) is 12.0. The Morgan fingerprint density at radius 1 is 1.04 bits per heavy atom. The number of benzene rings is 2. The topological polar surface area (TPSA) is 97.7 Å². The van der Waals surface area contributed by atoms with E-state index in [1.54, 1.807) is 0 Å². The second-order valence-electron chi connectivity index (χ2n) is 5.08. The Kier molecular flexibility index (Phi) is 5.36. The maximum Gasteiger partial charge on any atom is 0.534 e. The Bertz CT molecular complexity index is 950. The van der Waals surface area contributed by atoms with E-state index in [4.69, 9.17) is 5.11 Å². The molecular weight excluding hydrogens is 377 g/mol. The first-order valence-electron chi connectivity index (χ1n) is 6.96. The van der Waals surface area contributed by atoms with E-state index in [1.807, 2.05) is 0 Å². The van der Waals surface area contributed by atoms with Gasteiger partial charge in [-0.1, -0.05) is 30.3 Å². The molecule has 0 aliphatic rings. The van der Waals surface area contributed by atoms with E-state index in [2.05, 4.69) is 4.18 Å². The number of para-hydroxylation sites is 1. The molecule has 10 heteroatoms. The van der Waals surface area contributed by atoms with Gasteiger partial charge in [-0.3, -0.25) is 9.59 Å². The number of hydrogen-bond acceptors (Lipinski definition) is 5. The van der Waals surface area contributed by atoms with Crippen LogP contribution >= 0.6 is 0 Å². The molecule has 0 radical (unpaired) electrons. The van der Waals surface area contributed by atoms with Crippen LogP contribution in [0, 0.1) is 0 Å². The summed E-state index contributed by atoms with van der Waals surface area (Å²) in [5.41, 5.74) is -5.79. The molecule has 0 spiro atoms. The molecule has 0 heterocycles. The lowest BCUT2D eigenvalue weighted by Crippen LogP contribution is -2.28. The lowest BCUT2D eigenvalue weighted by molar-refractivity contribution is -0.136. The Labute approximate surface area is 146 Å². The van der Waals surface area contributed by atoms with E-state index in [9.17, 15) is 31.2 Å². The van der Waals surface area contributed by atoms with Crippen molar-refractivity contribution < 1.29 is 40.5 Å². The zero-order valence-electron chi connectivity index (χ0n) is 12.9. The third kappa shape index (κ3) is 4.39. The summed E-state index contributed by atoms with van der Waals surface area (Å²) in [6.45, 7) is 0. The minimum Gasteiger partial charge on any atom is -0.481 e. The van der Waals surface area contributed by atoms with Gasteiger partial charge in [0, 0.05) is 5.56 Å². The molecule has 0 saturated heterocycles. The average molecular weight is 388 g/mol. The lowest BCUT2D eigenvalue weighted by atomic mass is 10.00. The number of halogens is 3. The standard InChI is InChI=1S/C16H11F3O6S/c17-16(18,19)26(23,24)25-13-7-2-1-6-12(13)15(22)11-5-3-4-10(8-11)9-14(20)21/h1-8H,9H2,(H,20,21). The van der Waals surface area contributed by atoms with Crippen LogP contribution in [0.3, 0.4) is 0 Å². The summed E-state index contributed by atoms with van der Waals surface area (Å²) in [5.74, 6) is -2.72. The molecule has 0 aromatic heterocycles. The highest BCUT2D eigenvalue weighted by molar-refractivity contribution is 7.88. The van der Waals surface area contributed by atoms with Crippen molar-refractivity contribution in [3.05, 3.63) is 65.2 Å². The van der Waals surface area contributed by atoms with Crippen molar-refractivity contribution in [2.45, 2.75) is 11.9 Å². The van der Waals surface area contributed by atoms with Crippen LogP contribution < -0.4 is 4.18 Å². The zero-order valence-corrected chi connectivity index (χ0v) is 13.7. The summed E-state index contributed by atoms with van der Waals surface area (Å²) in [4.78, 5) is 23.3. The number of ketones is 1. The Hall–Kier alpha value is -2.88. The monoisotopic (exact) mass is 388 g/mol. The van der Waals surface area contributed by atoms with Gasteiger partial charge in [0.15, 0.2) is 11.5 Å². The van der Waals surface area contributed by atoms with Crippen LogP contribution in [0.5, 0.6) is 5.75 Å². The van der Waals surface area contributed by atoms with Gasteiger partial charge in [0.1, 0.15) is 0 Å². The van der Waals surface area contributed by atoms with Gasteiger partial charge in [0.25, 0.3) is 0 Å². The van der Waals surface area contributed by atoms with Crippen molar-refractivity contribution in [3.63, 3.8) is 0 Å². The van der Waals surface area contributed by atoms with E-state index in [0.717, 1.165) is 12.1 Å². The van der Waals surface area contributed by atoms with Gasteiger partial charge >= 0.3 is 21.6 Å². The number of carbonyl (C=O) groups excluding carboxylic acids is 1. The zero-order chi connectivity index (χ0) is 19.5. The van der Waals surface area contributed by atoms with Crippen molar-refractivity contribution in [2.24, 2.45) is 0 Å². The number of hydrogen-bond donors (Lipinski definition) is 1. The van der Waals surface area contributed by atoms with Crippen LogP contribution in [0.2, 0.25) is 0 Å². The summed E-state index contributed by atoms with van der Waals surface area (Å²) in [6.07, 6.45) is -0.359. The molecule has 6 nitrogen and oxygen atoms in total. The summed E-state index contributed by atoms with van der Waals surface area (Å²) in [6, 6.07) is 9.99. The smallest absolute Gasteiger partial charge is 0.481 e. The number of aliphatic carboxylic acids is 1. The highest BCUT2D eigenvalue weighted by atomic mass is 32.2. The summed E-state index contributed by atoms with van der Waals surface area (Å²) in [5, 5.41) is 8.78. The molecule has 2 aromatic rings. The molecule has 2 aromatic carbocycles. The van der Waals surface area contributed by atoms with Crippen molar-refractivity contribution >= 4 is 21.9 Å². The molecule has 0 amide bonds. The predicted octanol–water partition coefficient (Wildman–Crippen LogP) is 2.77. The van der Waals surface area contributed by atoms with Gasteiger partial charge in [0.05, 0.1) is 12.0 Å². The number of carboxylic acids is 1. The number of carbonyl (C=O) groups is 2. The van der Waals surface area contributed by atoms with Crippen molar-refractivity contribution in [1.82, 2.24) is 0 Å². The molecule has 1 N–H and O–H groups in total. The van der Waals surface area contributed by atoms with Gasteiger partial charge in [-0.15, -0.1) is 0 Å². The predicted molar refractivity (Wildman–Crippen MR) is 83.3 cm³/mol. The highest BCUT2D eigenvalue weighted by Gasteiger charge is 2.48. The van der Waals surface area contributed by atoms with Gasteiger partial charge < -0.3 is 9.29 Å². The van der Waals surface area contributed by atoms with Gasteiger partial charge in [0.2, 0.25) is 0 Å². The average Bonchev–Trinajstić information content (AvgIpc) is 2.53. The molecular formula is C16H11F3O6S. The molecule has 138 valence electrons.